The molecule has 0 rings (SSSR count). The third-order valence-corrected chi connectivity index (χ3v) is 1.42. The molecular formula is C9H20N2O2. The van der Waals surface area contributed by atoms with E-state index in [2.05, 4.69) is 10.6 Å². The maximum Gasteiger partial charge on any atom is 0.221 e. The Labute approximate surface area is 79.7 Å². The molecule has 0 aliphatic carbocycles. The summed E-state index contributed by atoms with van der Waals surface area (Å²) in [6.07, 6.45) is 0.110. The molecule has 4 nitrogen and oxygen atoms in total. The van der Waals surface area contributed by atoms with Crippen LogP contribution >= 0.6 is 0 Å². The Morgan fingerprint density at radius 2 is 2.00 bits per heavy atom. The lowest BCUT2D eigenvalue weighted by molar-refractivity contribution is -0.121. The van der Waals surface area contributed by atoms with Crippen LogP contribution in [-0.4, -0.2) is 36.2 Å². The lowest BCUT2D eigenvalue weighted by atomic mass is 10.3. The SMILES string of the molecule is CC(O)CNCCC(=O)NC(C)C. The van der Waals surface area contributed by atoms with Crippen molar-refractivity contribution in [3.8, 4) is 0 Å². The molecule has 0 aromatic heterocycles. The van der Waals surface area contributed by atoms with Gasteiger partial charge in [0.15, 0.2) is 0 Å². The van der Waals surface area contributed by atoms with Gasteiger partial charge in [-0.05, 0) is 20.8 Å². The standard InChI is InChI=1S/C9H20N2O2/c1-7(2)11-9(13)4-5-10-6-8(3)12/h7-8,10,12H,4-6H2,1-3H3,(H,11,13). The topological polar surface area (TPSA) is 61.4 Å². The van der Waals surface area contributed by atoms with E-state index in [1.807, 2.05) is 13.8 Å². The van der Waals surface area contributed by atoms with Crippen LogP contribution < -0.4 is 10.6 Å². The number of aliphatic hydroxyl groups excluding tert-OH is 1. The Kier molecular flexibility index (Phi) is 6.54. The molecule has 0 radical (unpaired) electrons. The van der Waals surface area contributed by atoms with Crippen LogP contribution in [-0.2, 0) is 4.79 Å². The van der Waals surface area contributed by atoms with Crippen LogP contribution in [0.3, 0.4) is 0 Å². The molecule has 0 aliphatic rings. The highest BCUT2D eigenvalue weighted by Crippen LogP contribution is 1.82. The number of carbonyl (C=O) groups excluding carboxylic acids is 1. The molecular weight excluding hydrogens is 168 g/mol. The van der Waals surface area contributed by atoms with Crippen LogP contribution in [0.5, 0.6) is 0 Å². The summed E-state index contributed by atoms with van der Waals surface area (Å²) in [6, 6.07) is 0.198. The third-order valence-electron chi connectivity index (χ3n) is 1.42. The second kappa shape index (κ2) is 6.86. The quantitative estimate of drug-likeness (QED) is 0.509. The Balaban J connectivity index is 3.27. The van der Waals surface area contributed by atoms with Crippen molar-refractivity contribution in [2.45, 2.75) is 39.3 Å². The molecule has 0 aromatic carbocycles. The number of carbonyl (C=O) groups is 1. The van der Waals surface area contributed by atoms with E-state index in [4.69, 9.17) is 5.11 Å². The zero-order valence-electron chi connectivity index (χ0n) is 8.63. The summed E-state index contributed by atoms with van der Waals surface area (Å²) in [7, 11) is 0. The molecule has 1 amide bonds. The van der Waals surface area contributed by atoms with Crippen LogP contribution in [0, 0.1) is 0 Å². The normalized spacial score (nSPS) is 13.0. The summed E-state index contributed by atoms with van der Waals surface area (Å²) in [5.41, 5.74) is 0. The number of amides is 1. The lowest BCUT2D eigenvalue weighted by Gasteiger charge is -2.09. The van der Waals surface area contributed by atoms with Gasteiger partial charge >= 0.3 is 0 Å². The maximum absolute atomic E-state index is 11.1. The summed E-state index contributed by atoms with van der Waals surface area (Å²) >= 11 is 0. The summed E-state index contributed by atoms with van der Waals surface area (Å²) in [5.74, 6) is 0.0492. The fraction of sp³-hybridized carbons (Fsp3) is 0.889. The van der Waals surface area contributed by atoms with E-state index in [1.165, 1.54) is 0 Å². The average molecular weight is 188 g/mol. The van der Waals surface area contributed by atoms with Gasteiger partial charge in [-0.1, -0.05) is 0 Å². The van der Waals surface area contributed by atoms with Gasteiger partial charge in [0.05, 0.1) is 6.10 Å². The monoisotopic (exact) mass is 188 g/mol. The number of hydrogen-bond donors (Lipinski definition) is 3. The van der Waals surface area contributed by atoms with E-state index in [1.54, 1.807) is 6.92 Å². The molecule has 0 aliphatic heterocycles. The molecule has 0 saturated heterocycles. The lowest BCUT2D eigenvalue weighted by Crippen LogP contribution is -2.34. The van der Waals surface area contributed by atoms with Crippen molar-refractivity contribution >= 4 is 5.91 Å². The van der Waals surface area contributed by atoms with Crippen molar-refractivity contribution in [3.05, 3.63) is 0 Å². The summed E-state index contributed by atoms with van der Waals surface area (Å²) in [5, 5.41) is 14.7. The molecule has 4 heteroatoms. The molecule has 0 aromatic rings. The molecule has 1 unspecified atom stereocenters. The van der Waals surface area contributed by atoms with Crippen molar-refractivity contribution in [2.24, 2.45) is 0 Å². The van der Waals surface area contributed by atoms with Gasteiger partial charge in [0, 0.05) is 25.6 Å². The smallest absolute Gasteiger partial charge is 0.221 e. The molecule has 3 N–H and O–H groups in total. The maximum atomic E-state index is 11.1. The first-order valence-electron chi connectivity index (χ1n) is 4.70. The molecule has 1 atom stereocenters. The van der Waals surface area contributed by atoms with Crippen LogP contribution in [0.2, 0.25) is 0 Å². The van der Waals surface area contributed by atoms with Crippen molar-refractivity contribution < 1.29 is 9.90 Å². The van der Waals surface area contributed by atoms with E-state index >= 15 is 0 Å². The van der Waals surface area contributed by atoms with E-state index in [0.717, 1.165) is 0 Å². The molecule has 78 valence electrons. The fourth-order valence-electron chi connectivity index (χ4n) is 0.907. The highest BCUT2D eigenvalue weighted by atomic mass is 16.3. The number of aliphatic hydroxyl groups is 1. The first-order chi connectivity index (χ1) is 6.02. The predicted octanol–water partition coefficient (Wildman–Crippen LogP) is -0.128. The van der Waals surface area contributed by atoms with E-state index < -0.39 is 0 Å². The summed E-state index contributed by atoms with van der Waals surface area (Å²) in [6.45, 7) is 6.72. The summed E-state index contributed by atoms with van der Waals surface area (Å²) < 4.78 is 0. The van der Waals surface area contributed by atoms with Gasteiger partial charge in [-0.2, -0.15) is 0 Å². The zero-order chi connectivity index (χ0) is 10.3. The van der Waals surface area contributed by atoms with E-state index in [0.29, 0.717) is 19.5 Å². The predicted molar refractivity (Wildman–Crippen MR) is 52.4 cm³/mol. The van der Waals surface area contributed by atoms with Crippen molar-refractivity contribution in [1.29, 1.82) is 0 Å². The van der Waals surface area contributed by atoms with Gasteiger partial charge in [-0.3, -0.25) is 4.79 Å². The van der Waals surface area contributed by atoms with Gasteiger partial charge in [0.2, 0.25) is 5.91 Å². The van der Waals surface area contributed by atoms with Gasteiger partial charge in [-0.25, -0.2) is 0 Å². The minimum absolute atomic E-state index is 0.0492. The van der Waals surface area contributed by atoms with Crippen LogP contribution in [0.1, 0.15) is 27.2 Å². The summed E-state index contributed by atoms with van der Waals surface area (Å²) in [4.78, 5) is 11.1. The van der Waals surface area contributed by atoms with Crippen LogP contribution in [0.4, 0.5) is 0 Å². The van der Waals surface area contributed by atoms with Crippen LogP contribution in [0.15, 0.2) is 0 Å². The largest absolute Gasteiger partial charge is 0.392 e. The second-order valence-electron chi connectivity index (χ2n) is 3.53. The zero-order valence-corrected chi connectivity index (χ0v) is 8.63. The molecule has 0 bridgehead atoms. The second-order valence-corrected chi connectivity index (χ2v) is 3.53. The molecule has 0 fully saturated rings. The van der Waals surface area contributed by atoms with Crippen molar-refractivity contribution in [2.75, 3.05) is 13.1 Å². The Hall–Kier alpha value is -0.610. The highest BCUT2D eigenvalue weighted by molar-refractivity contribution is 5.76. The first kappa shape index (κ1) is 12.4. The minimum Gasteiger partial charge on any atom is -0.392 e. The highest BCUT2D eigenvalue weighted by Gasteiger charge is 2.02. The van der Waals surface area contributed by atoms with Gasteiger partial charge in [0.25, 0.3) is 0 Å². The Morgan fingerprint density at radius 3 is 2.46 bits per heavy atom. The van der Waals surface area contributed by atoms with Gasteiger partial charge in [0.1, 0.15) is 0 Å². The molecule has 0 saturated carbocycles. The van der Waals surface area contributed by atoms with Gasteiger partial charge < -0.3 is 15.7 Å². The third kappa shape index (κ3) is 9.30. The van der Waals surface area contributed by atoms with Crippen molar-refractivity contribution in [1.82, 2.24) is 10.6 Å². The first-order valence-corrected chi connectivity index (χ1v) is 4.70. The van der Waals surface area contributed by atoms with Gasteiger partial charge in [-0.15, -0.1) is 0 Å². The van der Waals surface area contributed by atoms with E-state index in [9.17, 15) is 4.79 Å². The Morgan fingerprint density at radius 1 is 1.38 bits per heavy atom. The minimum atomic E-state index is -0.354. The van der Waals surface area contributed by atoms with Crippen LogP contribution in [0.25, 0.3) is 0 Å². The molecule has 0 spiro atoms. The van der Waals surface area contributed by atoms with Crippen molar-refractivity contribution in [3.63, 3.8) is 0 Å². The fourth-order valence-corrected chi connectivity index (χ4v) is 0.907. The number of nitrogens with one attached hydrogen (secondary N) is 2. The number of hydrogen-bond acceptors (Lipinski definition) is 3. The molecule has 0 heterocycles. The number of rotatable bonds is 6. The molecule has 13 heavy (non-hydrogen) atoms. The average Bonchev–Trinajstić information content (AvgIpc) is 1.96. The Bertz CT molecular complexity index is 147. The van der Waals surface area contributed by atoms with E-state index in [-0.39, 0.29) is 18.1 Å².